The van der Waals surface area contributed by atoms with E-state index in [2.05, 4.69) is 10.4 Å². The molecule has 1 saturated carbocycles. The highest BCUT2D eigenvalue weighted by atomic mass is 16.2. The van der Waals surface area contributed by atoms with Gasteiger partial charge in [-0.15, -0.1) is 0 Å². The minimum absolute atomic E-state index is 0.00153. The van der Waals surface area contributed by atoms with Crippen molar-refractivity contribution < 1.29 is 9.59 Å². The topological polar surface area (TPSA) is 67.2 Å². The Labute approximate surface area is 118 Å². The van der Waals surface area contributed by atoms with Gasteiger partial charge in [0.15, 0.2) is 0 Å². The lowest BCUT2D eigenvalue weighted by Gasteiger charge is -2.22. The minimum Gasteiger partial charge on any atom is -0.344 e. The molecule has 1 unspecified atom stereocenters. The quantitative estimate of drug-likeness (QED) is 0.898. The molecule has 1 aromatic rings. The fourth-order valence-corrected chi connectivity index (χ4v) is 2.55. The molecule has 0 radical (unpaired) electrons. The van der Waals surface area contributed by atoms with Gasteiger partial charge in [0.2, 0.25) is 11.8 Å². The molecule has 108 valence electrons. The summed E-state index contributed by atoms with van der Waals surface area (Å²) in [4.78, 5) is 26.1. The van der Waals surface area contributed by atoms with Crippen LogP contribution in [0.5, 0.6) is 0 Å². The van der Waals surface area contributed by atoms with E-state index in [1.54, 1.807) is 11.1 Å². The van der Waals surface area contributed by atoms with Crippen LogP contribution in [0.3, 0.4) is 0 Å². The van der Waals surface area contributed by atoms with Crippen molar-refractivity contribution in [3.8, 4) is 0 Å². The number of amides is 2. The summed E-state index contributed by atoms with van der Waals surface area (Å²) in [5, 5.41) is 7.14. The first kappa shape index (κ1) is 13.1. The van der Waals surface area contributed by atoms with Crippen molar-refractivity contribution in [3.05, 3.63) is 12.4 Å². The van der Waals surface area contributed by atoms with Crippen LogP contribution in [0.15, 0.2) is 12.4 Å². The smallest absolute Gasteiger partial charge is 0.249 e. The second-order valence-electron chi connectivity index (χ2n) is 5.89. The third kappa shape index (κ3) is 2.42. The van der Waals surface area contributed by atoms with E-state index in [1.165, 1.54) is 0 Å². The number of nitrogens with one attached hydrogen (secondary N) is 1. The Hall–Kier alpha value is -1.85. The van der Waals surface area contributed by atoms with E-state index in [0.717, 1.165) is 18.5 Å². The molecular weight excluding hydrogens is 256 g/mol. The van der Waals surface area contributed by atoms with Gasteiger partial charge >= 0.3 is 0 Å². The van der Waals surface area contributed by atoms with Gasteiger partial charge in [-0.3, -0.25) is 14.3 Å². The van der Waals surface area contributed by atoms with Crippen molar-refractivity contribution in [2.45, 2.75) is 45.2 Å². The zero-order valence-electron chi connectivity index (χ0n) is 11.9. The first-order valence-electron chi connectivity index (χ1n) is 7.21. The summed E-state index contributed by atoms with van der Waals surface area (Å²) in [6.07, 6.45) is 5.98. The summed E-state index contributed by atoms with van der Waals surface area (Å²) in [5.41, 5.74) is 0.783. The monoisotopic (exact) mass is 276 g/mol. The summed E-state index contributed by atoms with van der Waals surface area (Å²) in [6.45, 7) is 4.51. The second-order valence-corrected chi connectivity index (χ2v) is 5.89. The maximum atomic E-state index is 12.6. The molecule has 1 aliphatic carbocycles. The van der Waals surface area contributed by atoms with Crippen molar-refractivity contribution in [2.24, 2.45) is 5.92 Å². The normalized spacial score (nSPS) is 23.9. The molecule has 20 heavy (non-hydrogen) atoms. The van der Waals surface area contributed by atoms with Crippen molar-refractivity contribution in [1.29, 1.82) is 0 Å². The van der Waals surface area contributed by atoms with Gasteiger partial charge in [0.25, 0.3) is 0 Å². The molecule has 3 rings (SSSR count). The maximum Gasteiger partial charge on any atom is 0.249 e. The van der Waals surface area contributed by atoms with Gasteiger partial charge in [0.05, 0.1) is 11.9 Å². The van der Waals surface area contributed by atoms with E-state index >= 15 is 0 Å². The number of carbonyl (C=O) groups excluding carboxylic acids is 2. The van der Waals surface area contributed by atoms with Gasteiger partial charge in [0.1, 0.15) is 6.04 Å². The fraction of sp³-hybridized carbons (Fsp3) is 0.643. The number of hydrogen-bond donors (Lipinski definition) is 1. The van der Waals surface area contributed by atoms with E-state index in [1.807, 2.05) is 24.7 Å². The minimum atomic E-state index is -0.354. The van der Waals surface area contributed by atoms with Gasteiger partial charge in [-0.1, -0.05) is 0 Å². The standard InChI is InChI=1S/C14H20N4O2/c1-9(2)18-8-11(7-15-18)17-6-5-12(19)16-13(14(17)20)10-3-4-10/h7-10,13H,3-6H2,1-2H3,(H,16,19). The van der Waals surface area contributed by atoms with Crippen molar-refractivity contribution in [1.82, 2.24) is 15.1 Å². The molecule has 6 nitrogen and oxygen atoms in total. The summed E-state index contributed by atoms with van der Waals surface area (Å²) < 4.78 is 1.83. The summed E-state index contributed by atoms with van der Waals surface area (Å²) in [5.74, 6) is 0.280. The van der Waals surface area contributed by atoms with Gasteiger partial charge in [-0.2, -0.15) is 5.10 Å². The first-order chi connectivity index (χ1) is 9.56. The predicted octanol–water partition coefficient (Wildman–Crippen LogP) is 1.10. The molecule has 0 aromatic carbocycles. The molecule has 2 aliphatic rings. The van der Waals surface area contributed by atoms with Crippen molar-refractivity contribution in [2.75, 3.05) is 11.4 Å². The van der Waals surface area contributed by atoms with Crippen LogP contribution in [0, 0.1) is 5.92 Å². The zero-order chi connectivity index (χ0) is 14.3. The van der Waals surface area contributed by atoms with Crippen LogP contribution in [-0.4, -0.2) is 34.2 Å². The van der Waals surface area contributed by atoms with Crippen molar-refractivity contribution >= 4 is 17.5 Å². The zero-order valence-corrected chi connectivity index (χ0v) is 11.9. The average Bonchev–Trinajstić information content (AvgIpc) is 3.14. The lowest BCUT2D eigenvalue weighted by molar-refractivity contribution is -0.126. The number of nitrogens with zero attached hydrogens (tertiary/aromatic N) is 3. The summed E-state index contributed by atoms with van der Waals surface area (Å²) >= 11 is 0. The molecule has 2 fully saturated rings. The highest BCUT2D eigenvalue weighted by Crippen LogP contribution is 2.35. The third-order valence-corrected chi connectivity index (χ3v) is 3.93. The number of carbonyl (C=O) groups is 2. The molecule has 0 spiro atoms. The number of hydrogen-bond acceptors (Lipinski definition) is 3. The molecule has 1 aromatic heterocycles. The Morgan fingerprint density at radius 3 is 2.70 bits per heavy atom. The largest absolute Gasteiger partial charge is 0.344 e. The molecule has 1 aliphatic heterocycles. The van der Waals surface area contributed by atoms with Gasteiger partial charge in [0, 0.05) is 25.2 Å². The summed E-state index contributed by atoms with van der Waals surface area (Å²) in [7, 11) is 0. The Kier molecular flexibility index (Phi) is 3.23. The molecule has 0 bridgehead atoms. The molecule has 1 N–H and O–H groups in total. The van der Waals surface area contributed by atoms with Crippen LogP contribution < -0.4 is 10.2 Å². The van der Waals surface area contributed by atoms with E-state index in [4.69, 9.17) is 0 Å². The molecule has 6 heteroatoms. The maximum absolute atomic E-state index is 12.6. The van der Waals surface area contributed by atoms with Gasteiger partial charge < -0.3 is 10.2 Å². The van der Waals surface area contributed by atoms with Crippen molar-refractivity contribution in [3.63, 3.8) is 0 Å². The first-order valence-corrected chi connectivity index (χ1v) is 7.21. The molecule has 2 heterocycles. The number of aromatic nitrogens is 2. The SMILES string of the molecule is CC(C)n1cc(N2CCC(=O)NC(C3CC3)C2=O)cn1. The van der Waals surface area contributed by atoms with E-state index < -0.39 is 0 Å². The van der Waals surface area contributed by atoms with E-state index in [0.29, 0.717) is 18.9 Å². The Bertz CT molecular complexity index is 533. The number of anilines is 1. The predicted molar refractivity (Wildman–Crippen MR) is 74.2 cm³/mol. The number of rotatable bonds is 3. The molecule has 2 amide bonds. The highest BCUT2D eigenvalue weighted by molar-refractivity contribution is 6.01. The lowest BCUT2D eigenvalue weighted by atomic mass is 10.1. The molecule has 1 atom stereocenters. The molecule has 1 saturated heterocycles. The fourth-order valence-electron chi connectivity index (χ4n) is 2.55. The highest BCUT2D eigenvalue weighted by Gasteiger charge is 2.41. The third-order valence-electron chi connectivity index (χ3n) is 3.93. The second kappa shape index (κ2) is 4.92. The van der Waals surface area contributed by atoms with Crippen LogP contribution in [-0.2, 0) is 9.59 Å². The van der Waals surface area contributed by atoms with Crippen LogP contribution >= 0.6 is 0 Å². The van der Waals surface area contributed by atoms with Crippen LogP contribution in [0.4, 0.5) is 5.69 Å². The summed E-state index contributed by atoms with van der Waals surface area (Å²) in [6, 6.07) is -0.0998. The van der Waals surface area contributed by atoms with Crippen LogP contribution in [0.2, 0.25) is 0 Å². The van der Waals surface area contributed by atoms with E-state index in [-0.39, 0.29) is 23.9 Å². The van der Waals surface area contributed by atoms with Gasteiger partial charge in [-0.05, 0) is 32.6 Å². The Morgan fingerprint density at radius 2 is 2.10 bits per heavy atom. The molecular formula is C14H20N4O2. The average molecular weight is 276 g/mol. The lowest BCUT2D eigenvalue weighted by Crippen LogP contribution is -2.46. The van der Waals surface area contributed by atoms with E-state index in [9.17, 15) is 9.59 Å². The Balaban J connectivity index is 1.85. The van der Waals surface area contributed by atoms with Crippen LogP contribution in [0.25, 0.3) is 0 Å². The van der Waals surface area contributed by atoms with Crippen LogP contribution in [0.1, 0.15) is 39.2 Å². The Morgan fingerprint density at radius 1 is 1.35 bits per heavy atom. The van der Waals surface area contributed by atoms with Gasteiger partial charge in [-0.25, -0.2) is 0 Å².